The maximum atomic E-state index is 10.3. The lowest BCUT2D eigenvalue weighted by Crippen LogP contribution is -2.25. The van der Waals surface area contributed by atoms with Crippen molar-refractivity contribution in [2.45, 2.75) is 44.1 Å². The lowest BCUT2D eigenvalue weighted by molar-refractivity contribution is 0.119. The molecule has 1 aliphatic heterocycles. The summed E-state index contributed by atoms with van der Waals surface area (Å²) in [6.07, 6.45) is 5.70. The van der Waals surface area contributed by atoms with Crippen LogP contribution in [0.15, 0.2) is 24.3 Å². The summed E-state index contributed by atoms with van der Waals surface area (Å²) in [5.41, 5.74) is 2.97. The molecule has 3 rings (SSSR count). The van der Waals surface area contributed by atoms with Gasteiger partial charge in [0.05, 0.1) is 6.10 Å². The number of hydrogen-bond acceptors (Lipinski definition) is 2. The molecule has 0 saturated carbocycles. The van der Waals surface area contributed by atoms with Gasteiger partial charge in [-0.3, -0.25) is 0 Å². The highest BCUT2D eigenvalue weighted by atomic mass is 32.2. The van der Waals surface area contributed by atoms with Crippen molar-refractivity contribution < 1.29 is 5.11 Å². The lowest BCUT2D eigenvalue weighted by atomic mass is 9.74. The minimum Gasteiger partial charge on any atom is -0.393 e. The van der Waals surface area contributed by atoms with Crippen LogP contribution in [0.2, 0.25) is 0 Å². The Kier molecular flexibility index (Phi) is 3.95. The van der Waals surface area contributed by atoms with Gasteiger partial charge in [0.1, 0.15) is 0 Å². The Labute approximate surface area is 114 Å². The molecule has 2 heteroatoms. The van der Waals surface area contributed by atoms with E-state index in [1.165, 1.54) is 41.9 Å². The van der Waals surface area contributed by atoms with E-state index in [-0.39, 0.29) is 6.10 Å². The van der Waals surface area contributed by atoms with E-state index in [1.54, 1.807) is 0 Å². The van der Waals surface area contributed by atoms with Gasteiger partial charge in [-0.15, -0.1) is 0 Å². The maximum absolute atomic E-state index is 10.3. The van der Waals surface area contributed by atoms with Gasteiger partial charge in [-0.05, 0) is 66.6 Å². The SMILES string of the molecule is OC(CC1CCSCC1)CC1Cc2ccccc21. The van der Waals surface area contributed by atoms with E-state index in [9.17, 15) is 5.11 Å². The molecule has 1 aromatic carbocycles. The van der Waals surface area contributed by atoms with E-state index < -0.39 is 0 Å². The van der Waals surface area contributed by atoms with Crippen LogP contribution in [-0.4, -0.2) is 22.7 Å². The fourth-order valence-electron chi connectivity index (χ4n) is 3.36. The van der Waals surface area contributed by atoms with Crippen LogP contribution in [0.5, 0.6) is 0 Å². The lowest BCUT2D eigenvalue weighted by Gasteiger charge is -2.33. The Bertz CT molecular complexity index is 398. The van der Waals surface area contributed by atoms with Gasteiger partial charge >= 0.3 is 0 Å². The second-order valence-electron chi connectivity index (χ2n) is 5.78. The average Bonchev–Trinajstić information content (AvgIpc) is 2.37. The summed E-state index contributed by atoms with van der Waals surface area (Å²) < 4.78 is 0. The summed E-state index contributed by atoms with van der Waals surface area (Å²) in [5.74, 6) is 3.98. The second kappa shape index (κ2) is 5.66. The monoisotopic (exact) mass is 262 g/mol. The summed E-state index contributed by atoms with van der Waals surface area (Å²) in [4.78, 5) is 0. The predicted octanol–water partition coefficient (Wildman–Crippen LogP) is 3.61. The highest BCUT2D eigenvalue weighted by Gasteiger charge is 2.28. The molecule has 1 nitrogen and oxygen atoms in total. The topological polar surface area (TPSA) is 20.2 Å². The normalized spacial score (nSPS) is 25.3. The van der Waals surface area contributed by atoms with Gasteiger partial charge in [0.25, 0.3) is 0 Å². The van der Waals surface area contributed by atoms with Crippen LogP contribution in [0.1, 0.15) is 42.7 Å². The summed E-state index contributed by atoms with van der Waals surface area (Å²) in [5, 5.41) is 10.3. The first kappa shape index (κ1) is 12.6. The average molecular weight is 262 g/mol. The van der Waals surface area contributed by atoms with E-state index >= 15 is 0 Å². The summed E-state index contributed by atoms with van der Waals surface area (Å²) in [6.45, 7) is 0. The van der Waals surface area contributed by atoms with Crippen molar-refractivity contribution in [3.05, 3.63) is 35.4 Å². The first-order valence-corrected chi connectivity index (χ1v) is 8.32. The van der Waals surface area contributed by atoms with E-state index in [1.807, 2.05) is 0 Å². The molecule has 0 amide bonds. The van der Waals surface area contributed by atoms with Crippen LogP contribution >= 0.6 is 11.8 Å². The predicted molar refractivity (Wildman–Crippen MR) is 78.2 cm³/mol. The van der Waals surface area contributed by atoms with Gasteiger partial charge in [-0.25, -0.2) is 0 Å². The molecule has 1 fully saturated rings. The van der Waals surface area contributed by atoms with Gasteiger partial charge in [0.15, 0.2) is 0 Å². The number of aliphatic hydroxyl groups excluding tert-OH is 1. The molecule has 1 saturated heterocycles. The number of rotatable bonds is 4. The molecular weight excluding hydrogens is 240 g/mol. The molecule has 0 radical (unpaired) electrons. The van der Waals surface area contributed by atoms with Crippen molar-refractivity contribution in [3.8, 4) is 0 Å². The van der Waals surface area contributed by atoms with E-state index in [2.05, 4.69) is 36.0 Å². The molecule has 1 aliphatic carbocycles. The third kappa shape index (κ3) is 2.75. The Morgan fingerprint density at radius 2 is 1.94 bits per heavy atom. The van der Waals surface area contributed by atoms with Crippen LogP contribution in [0.3, 0.4) is 0 Å². The van der Waals surface area contributed by atoms with Crippen LogP contribution in [0, 0.1) is 5.92 Å². The molecule has 0 aromatic heterocycles. The summed E-state index contributed by atoms with van der Waals surface area (Å²) >= 11 is 2.06. The Morgan fingerprint density at radius 3 is 2.72 bits per heavy atom. The molecule has 1 N–H and O–H groups in total. The standard InChI is InChI=1S/C16H22OS/c17-15(9-12-5-7-18-8-6-12)11-14-10-13-3-1-2-4-16(13)14/h1-4,12,14-15,17H,5-11H2. The number of fused-ring (bicyclic) bond motifs is 1. The van der Waals surface area contributed by atoms with Gasteiger partial charge in [0, 0.05) is 0 Å². The van der Waals surface area contributed by atoms with E-state index in [0.717, 1.165) is 18.8 Å². The van der Waals surface area contributed by atoms with Crippen molar-refractivity contribution in [1.29, 1.82) is 0 Å². The Balaban J connectivity index is 1.49. The number of aliphatic hydroxyl groups is 1. The highest BCUT2D eigenvalue weighted by Crippen LogP contribution is 2.39. The van der Waals surface area contributed by atoms with Gasteiger partial charge < -0.3 is 5.11 Å². The van der Waals surface area contributed by atoms with Crippen molar-refractivity contribution in [2.75, 3.05) is 11.5 Å². The molecule has 1 aromatic rings. The van der Waals surface area contributed by atoms with E-state index in [4.69, 9.17) is 0 Å². The molecule has 98 valence electrons. The van der Waals surface area contributed by atoms with Crippen molar-refractivity contribution >= 4 is 11.8 Å². The first-order valence-electron chi connectivity index (χ1n) is 7.16. The third-order valence-corrected chi connectivity index (χ3v) is 5.51. The zero-order chi connectivity index (χ0) is 12.4. The smallest absolute Gasteiger partial charge is 0.0548 e. The summed E-state index contributed by atoms with van der Waals surface area (Å²) in [7, 11) is 0. The molecule has 2 atom stereocenters. The molecular formula is C16H22OS. The molecule has 18 heavy (non-hydrogen) atoms. The Hall–Kier alpha value is -0.470. The fraction of sp³-hybridized carbons (Fsp3) is 0.625. The molecule has 0 spiro atoms. The van der Waals surface area contributed by atoms with Crippen molar-refractivity contribution in [3.63, 3.8) is 0 Å². The molecule has 2 unspecified atom stereocenters. The minimum absolute atomic E-state index is 0.0866. The number of hydrogen-bond donors (Lipinski definition) is 1. The largest absolute Gasteiger partial charge is 0.393 e. The van der Waals surface area contributed by atoms with Gasteiger partial charge in [-0.1, -0.05) is 24.3 Å². The zero-order valence-electron chi connectivity index (χ0n) is 10.8. The quantitative estimate of drug-likeness (QED) is 0.894. The van der Waals surface area contributed by atoms with Crippen LogP contribution < -0.4 is 0 Å². The summed E-state index contributed by atoms with van der Waals surface area (Å²) in [6, 6.07) is 8.69. The number of benzene rings is 1. The van der Waals surface area contributed by atoms with Gasteiger partial charge in [0.2, 0.25) is 0 Å². The van der Waals surface area contributed by atoms with Crippen LogP contribution in [0.4, 0.5) is 0 Å². The zero-order valence-corrected chi connectivity index (χ0v) is 11.7. The van der Waals surface area contributed by atoms with Gasteiger partial charge in [-0.2, -0.15) is 11.8 Å². The maximum Gasteiger partial charge on any atom is 0.0548 e. The fourth-order valence-corrected chi connectivity index (χ4v) is 4.57. The molecule has 1 heterocycles. The minimum atomic E-state index is -0.0866. The second-order valence-corrected chi connectivity index (χ2v) is 7.01. The molecule has 0 bridgehead atoms. The molecule has 2 aliphatic rings. The number of thioether (sulfide) groups is 1. The third-order valence-electron chi connectivity index (χ3n) is 4.46. The van der Waals surface area contributed by atoms with Crippen molar-refractivity contribution in [1.82, 2.24) is 0 Å². The first-order chi connectivity index (χ1) is 8.83. The Morgan fingerprint density at radius 1 is 1.17 bits per heavy atom. The highest BCUT2D eigenvalue weighted by molar-refractivity contribution is 7.99. The van der Waals surface area contributed by atoms with Crippen LogP contribution in [-0.2, 0) is 6.42 Å². The van der Waals surface area contributed by atoms with Crippen molar-refractivity contribution in [2.24, 2.45) is 5.92 Å². The van der Waals surface area contributed by atoms with Crippen LogP contribution in [0.25, 0.3) is 0 Å². The van der Waals surface area contributed by atoms with E-state index in [0.29, 0.717) is 5.92 Å².